The third-order valence-electron chi connectivity index (χ3n) is 1.42. The molecule has 13 heavy (non-hydrogen) atoms. The minimum atomic E-state index is -1.23. The first-order valence-electron chi connectivity index (χ1n) is 3.23. The summed E-state index contributed by atoms with van der Waals surface area (Å²) in [5.41, 5.74) is 0. The van der Waals surface area contributed by atoms with Gasteiger partial charge in [0.2, 0.25) is 0 Å². The van der Waals surface area contributed by atoms with Gasteiger partial charge in [0.1, 0.15) is 5.92 Å². The fourth-order valence-electron chi connectivity index (χ4n) is 0.720. The molecule has 0 spiro atoms. The van der Waals surface area contributed by atoms with Crippen LogP contribution in [0.5, 0.6) is 0 Å². The van der Waals surface area contributed by atoms with Crippen molar-refractivity contribution in [2.45, 2.75) is 0 Å². The zero-order chi connectivity index (χ0) is 10.3. The maximum Gasteiger partial charge on any atom is 0.151 e. The molecule has 0 atom stereocenters. The minimum Gasteiger partial charge on any atom is -0.198 e. The first-order valence-corrected chi connectivity index (χ1v) is 3.23. The number of nitriles is 5. The maximum atomic E-state index is 8.54. The molecule has 0 aromatic carbocycles. The van der Waals surface area contributed by atoms with E-state index in [9.17, 15) is 0 Å². The van der Waals surface area contributed by atoms with Crippen LogP contribution in [0.2, 0.25) is 0 Å². The smallest absolute Gasteiger partial charge is 0.151 e. The molecule has 0 N–H and O–H groups in total. The Bertz CT molecular complexity index is 317. The molecule has 0 unspecified atom stereocenters. The van der Waals surface area contributed by atoms with Gasteiger partial charge in [-0.2, -0.15) is 26.3 Å². The third kappa shape index (κ3) is 2.20. The molecule has 0 aromatic heterocycles. The molecule has 0 aliphatic carbocycles. The fraction of sp³-hybridized carbons (Fsp3) is 0.375. The van der Waals surface area contributed by atoms with E-state index in [-0.39, 0.29) is 0 Å². The molecule has 60 valence electrons. The quantitative estimate of drug-likeness (QED) is 0.594. The van der Waals surface area contributed by atoms with Gasteiger partial charge in [0.15, 0.2) is 11.8 Å². The summed E-state index contributed by atoms with van der Waals surface area (Å²) in [5, 5.41) is 42.2. The molecule has 0 fully saturated rings. The summed E-state index contributed by atoms with van der Waals surface area (Å²) in [6, 6.07) is 7.88. The van der Waals surface area contributed by atoms with Crippen molar-refractivity contribution in [2.24, 2.45) is 17.8 Å². The van der Waals surface area contributed by atoms with E-state index in [2.05, 4.69) is 0 Å². The summed E-state index contributed by atoms with van der Waals surface area (Å²) >= 11 is 0. The van der Waals surface area contributed by atoms with Gasteiger partial charge in [-0.15, -0.1) is 0 Å². The lowest BCUT2D eigenvalue weighted by Crippen LogP contribution is -2.17. The molecular formula is C8H3N5. The van der Waals surface area contributed by atoms with Crippen LogP contribution in [0.15, 0.2) is 0 Å². The van der Waals surface area contributed by atoms with Crippen molar-refractivity contribution in [1.29, 1.82) is 26.3 Å². The van der Waals surface area contributed by atoms with Crippen LogP contribution < -0.4 is 0 Å². The maximum absolute atomic E-state index is 8.54. The number of nitrogens with zero attached hydrogens (tertiary/aromatic N) is 5. The molecule has 0 aliphatic rings. The summed E-state index contributed by atoms with van der Waals surface area (Å²) < 4.78 is 0. The molecule has 0 aliphatic heterocycles. The summed E-state index contributed by atoms with van der Waals surface area (Å²) in [5.74, 6) is -3.62. The van der Waals surface area contributed by atoms with E-state index < -0.39 is 17.8 Å². The zero-order valence-corrected chi connectivity index (χ0v) is 6.47. The molecule has 0 bridgehead atoms. The number of hydrogen-bond acceptors (Lipinski definition) is 5. The van der Waals surface area contributed by atoms with Crippen LogP contribution in [0.25, 0.3) is 0 Å². The molecule has 0 aromatic rings. The highest BCUT2D eigenvalue weighted by Crippen LogP contribution is 2.18. The van der Waals surface area contributed by atoms with E-state index in [0.29, 0.717) is 0 Å². The first-order chi connectivity index (χ1) is 6.24. The van der Waals surface area contributed by atoms with Gasteiger partial charge in [0.25, 0.3) is 0 Å². The van der Waals surface area contributed by atoms with Gasteiger partial charge in [-0.3, -0.25) is 0 Å². The van der Waals surface area contributed by atoms with E-state index in [1.807, 2.05) is 0 Å². The summed E-state index contributed by atoms with van der Waals surface area (Å²) in [4.78, 5) is 0. The predicted molar refractivity (Wildman–Crippen MR) is 38.5 cm³/mol. The second-order valence-corrected chi connectivity index (χ2v) is 2.13. The molecular weight excluding hydrogens is 166 g/mol. The van der Waals surface area contributed by atoms with E-state index in [4.69, 9.17) is 26.3 Å². The Labute approximate surface area is 75.3 Å². The summed E-state index contributed by atoms with van der Waals surface area (Å²) in [6.45, 7) is 0. The van der Waals surface area contributed by atoms with Gasteiger partial charge in [-0.25, -0.2) is 0 Å². The first kappa shape index (κ1) is 10.4. The molecule has 5 nitrogen and oxygen atoms in total. The average Bonchev–Trinajstić information content (AvgIpc) is 2.18. The van der Waals surface area contributed by atoms with Crippen LogP contribution >= 0.6 is 0 Å². The minimum absolute atomic E-state index is 1.16. The Hall–Kier alpha value is -2.55. The van der Waals surface area contributed by atoms with Gasteiger partial charge >= 0.3 is 0 Å². The summed E-state index contributed by atoms with van der Waals surface area (Å²) in [6.07, 6.45) is 0. The molecule has 5 heteroatoms. The Morgan fingerprint density at radius 1 is 0.538 bits per heavy atom. The summed E-state index contributed by atoms with van der Waals surface area (Å²) in [7, 11) is 0. The highest BCUT2D eigenvalue weighted by Gasteiger charge is 2.29. The van der Waals surface area contributed by atoms with Gasteiger partial charge in [-0.1, -0.05) is 0 Å². The van der Waals surface area contributed by atoms with Crippen LogP contribution in [-0.2, 0) is 0 Å². The van der Waals surface area contributed by atoms with E-state index in [1.54, 1.807) is 30.3 Å². The van der Waals surface area contributed by atoms with E-state index in [1.165, 1.54) is 0 Å². The second kappa shape index (κ2) is 5.15. The topological polar surface area (TPSA) is 119 Å². The number of rotatable bonds is 2. The largest absolute Gasteiger partial charge is 0.198 e. The van der Waals surface area contributed by atoms with Gasteiger partial charge < -0.3 is 0 Å². The lowest BCUT2D eigenvalue weighted by molar-refractivity contribution is 0.525. The third-order valence-corrected chi connectivity index (χ3v) is 1.42. The molecule has 0 rings (SSSR count). The molecule has 0 radical (unpaired) electrons. The SMILES string of the molecule is N#CC(C#N)C(C#N)C(C#N)C#N. The van der Waals surface area contributed by atoms with Crippen LogP contribution in [0, 0.1) is 74.4 Å². The van der Waals surface area contributed by atoms with Gasteiger partial charge in [0.05, 0.1) is 30.3 Å². The molecule has 0 amide bonds. The monoisotopic (exact) mass is 169 g/mol. The Morgan fingerprint density at radius 2 is 0.846 bits per heavy atom. The van der Waals surface area contributed by atoms with Crippen molar-refractivity contribution in [3.63, 3.8) is 0 Å². The molecule has 0 saturated heterocycles. The van der Waals surface area contributed by atoms with Crippen molar-refractivity contribution in [1.82, 2.24) is 0 Å². The highest BCUT2D eigenvalue weighted by atomic mass is 14.4. The second-order valence-electron chi connectivity index (χ2n) is 2.13. The Morgan fingerprint density at radius 3 is 1.00 bits per heavy atom. The average molecular weight is 169 g/mol. The van der Waals surface area contributed by atoms with Crippen LogP contribution in [0.1, 0.15) is 0 Å². The van der Waals surface area contributed by atoms with Crippen molar-refractivity contribution >= 4 is 0 Å². The highest BCUT2D eigenvalue weighted by molar-refractivity contribution is 5.18. The van der Waals surface area contributed by atoms with E-state index in [0.717, 1.165) is 0 Å². The van der Waals surface area contributed by atoms with Crippen LogP contribution in [0.4, 0.5) is 0 Å². The Kier molecular flexibility index (Phi) is 4.14. The van der Waals surface area contributed by atoms with Crippen LogP contribution in [-0.4, -0.2) is 0 Å². The van der Waals surface area contributed by atoms with Gasteiger partial charge in [-0.05, 0) is 0 Å². The van der Waals surface area contributed by atoms with Crippen molar-refractivity contribution in [3.05, 3.63) is 0 Å². The zero-order valence-electron chi connectivity index (χ0n) is 6.47. The Balaban J connectivity index is 4.89. The van der Waals surface area contributed by atoms with Crippen molar-refractivity contribution < 1.29 is 0 Å². The standard InChI is InChI=1S/C8H3N5/c9-1-6(2-10)8(5-13)7(3-11)4-12/h6-8H. The van der Waals surface area contributed by atoms with Crippen LogP contribution in [0.3, 0.4) is 0 Å². The van der Waals surface area contributed by atoms with Gasteiger partial charge in [0, 0.05) is 0 Å². The van der Waals surface area contributed by atoms with Crippen molar-refractivity contribution in [2.75, 3.05) is 0 Å². The molecule has 0 saturated carbocycles. The number of hydrogen-bond donors (Lipinski definition) is 0. The molecule has 0 heterocycles. The van der Waals surface area contributed by atoms with E-state index >= 15 is 0 Å². The lowest BCUT2D eigenvalue weighted by atomic mass is 9.86. The predicted octanol–water partition coefficient (Wildman–Crippen LogP) is 0.453. The lowest BCUT2D eigenvalue weighted by Gasteiger charge is -2.07. The van der Waals surface area contributed by atoms with Crippen molar-refractivity contribution in [3.8, 4) is 30.3 Å². The fourth-order valence-corrected chi connectivity index (χ4v) is 0.720. The normalized spacial score (nSPS) is 8.15.